The molecular formula is C14H14BrClN4S. The van der Waals surface area contributed by atoms with E-state index in [0.29, 0.717) is 12.3 Å². The molecule has 1 unspecified atom stereocenters. The molecule has 3 rings (SSSR count). The maximum absolute atomic E-state index is 5.93. The molecule has 110 valence electrons. The molecule has 0 aliphatic heterocycles. The van der Waals surface area contributed by atoms with Crippen LogP contribution in [-0.4, -0.2) is 25.4 Å². The molecular weight excluding hydrogens is 372 g/mol. The number of imidazole rings is 1. The van der Waals surface area contributed by atoms with E-state index in [1.54, 1.807) is 17.5 Å². The van der Waals surface area contributed by atoms with Crippen molar-refractivity contribution in [3.8, 4) is 0 Å². The first-order valence-corrected chi connectivity index (χ1v) is 8.75. The van der Waals surface area contributed by atoms with Gasteiger partial charge in [-0.2, -0.15) is 0 Å². The molecule has 0 saturated carbocycles. The largest absolute Gasteiger partial charge is 0.303 e. The second kappa shape index (κ2) is 6.02. The summed E-state index contributed by atoms with van der Waals surface area (Å²) >= 11 is 11.1. The van der Waals surface area contributed by atoms with Gasteiger partial charge in [-0.25, -0.2) is 15.0 Å². The van der Waals surface area contributed by atoms with Crippen molar-refractivity contribution in [1.82, 2.24) is 19.5 Å². The lowest BCUT2D eigenvalue weighted by molar-refractivity contribution is 0.615. The number of hydrogen-bond donors (Lipinski definition) is 0. The Balaban J connectivity index is 2.16. The lowest BCUT2D eigenvalue weighted by Crippen LogP contribution is -2.11. The zero-order valence-electron chi connectivity index (χ0n) is 11.7. The van der Waals surface area contributed by atoms with Crippen LogP contribution in [0.5, 0.6) is 0 Å². The molecule has 0 aromatic carbocycles. The minimum absolute atomic E-state index is 0.0978. The average Bonchev–Trinajstić information content (AvgIpc) is 3.01. The second-order valence-corrected chi connectivity index (χ2v) is 7.38. The summed E-state index contributed by atoms with van der Waals surface area (Å²) in [7, 11) is 0. The third-order valence-electron chi connectivity index (χ3n) is 3.27. The summed E-state index contributed by atoms with van der Waals surface area (Å²) < 4.78 is 3.07. The van der Waals surface area contributed by atoms with Crippen LogP contribution in [0.2, 0.25) is 0 Å². The standard InChI is InChI=1S/C14H14BrClN4S/c1-8-6-18-14(21-8)9(2)20-12(3-4-16)19-11-5-10(15)7-17-13(11)20/h5-7,9H,3-4H2,1-2H3. The van der Waals surface area contributed by atoms with E-state index in [4.69, 9.17) is 11.6 Å². The number of rotatable bonds is 4. The van der Waals surface area contributed by atoms with Crippen LogP contribution in [0, 0.1) is 6.92 Å². The molecule has 3 aromatic heterocycles. The number of nitrogens with zero attached hydrogens (tertiary/aromatic N) is 4. The molecule has 0 aliphatic rings. The van der Waals surface area contributed by atoms with Crippen LogP contribution in [0.15, 0.2) is 22.9 Å². The fraction of sp³-hybridized carbons (Fsp3) is 0.357. The van der Waals surface area contributed by atoms with Crippen LogP contribution in [-0.2, 0) is 6.42 Å². The molecule has 3 heterocycles. The first-order chi connectivity index (χ1) is 10.1. The number of hydrogen-bond acceptors (Lipinski definition) is 4. The van der Waals surface area contributed by atoms with Crippen molar-refractivity contribution < 1.29 is 0 Å². The van der Waals surface area contributed by atoms with Crippen LogP contribution in [0.4, 0.5) is 0 Å². The van der Waals surface area contributed by atoms with Crippen molar-refractivity contribution in [3.63, 3.8) is 0 Å². The third kappa shape index (κ3) is 2.84. The highest BCUT2D eigenvalue weighted by Crippen LogP contribution is 2.28. The Morgan fingerprint density at radius 3 is 2.86 bits per heavy atom. The molecule has 21 heavy (non-hydrogen) atoms. The first-order valence-electron chi connectivity index (χ1n) is 6.61. The van der Waals surface area contributed by atoms with E-state index >= 15 is 0 Å². The van der Waals surface area contributed by atoms with Crippen LogP contribution < -0.4 is 0 Å². The molecule has 0 saturated heterocycles. The van der Waals surface area contributed by atoms with E-state index < -0.39 is 0 Å². The Kier molecular flexibility index (Phi) is 4.28. The van der Waals surface area contributed by atoms with Crippen LogP contribution in [0.1, 0.15) is 28.7 Å². The van der Waals surface area contributed by atoms with Gasteiger partial charge in [-0.1, -0.05) is 0 Å². The van der Waals surface area contributed by atoms with Gasteiger partial charge in [-0.15, -0.1) is 22.9 Å². The average molecular weight is 386 g/mol. The van der Waals surface area contributed by atoms with Gasteiger partial charge in [-0.05, 0) is 35.8 Å². The lowest BCUT2D eigenvalue weighted by Gasteiger charge is -2.14. The lowest BCUT2D eigenvalue weighted by atomic mass is 10.3. The summed E-state index contributed by atoms with van der Waals surface area (Å²) in [5.74, 6) is 1.49. The monoisotopic (exact) mass is 384 g/mol. The van der Waals surface area contributed by atoms with Crippen molar-refractivity contribution in [2.24, 2.45) is 0 Å². The van der Waals surface area contributed by atoms with Crippen LogP contribution in [0.3, 0.4) is 0 Å². The zero-order chi connectivity index (χ0) is 15.0. The van der Waals surface area contributed by atoms with E-state index in [1.807, 2.05) is 12.3 Å². The van der Waals surface area contributed by atoms with Gasteiger partial charge in [0.2, 0.25) is 0 Å². The third-order valence-corrected chi connectivity index (χ3v) is 4.98. The number of fused-ring (bicyclic) bond motifs is 1. The molecule has 3 aromatic rings. The van der Waals surface area contributed by atoms with Gasteiger partial charge >= 0.3 is 0 Å². The van der Waals surface area contributed by atoms with E-state index in [2.05, 4.69) is 49.3 Å². The normalized spacial score (nSPS) is 13.0. The van der Waals surface area contributed by atoms with Gasteiger partial charge in [0.1, 0.15) is 16.3 Å². The van der Waals surface area contributed by atoms with Gasteiger partial charge in [0.25, 0.3) is 0 Å². The summed E-state index contributed by atoms with van der Waals surface area (Å²) in [5.41, 5.74) is 1.75. The number of aromatic nitrogens is 4. The predicted molar refractivity (Wildman–Crippen MR) is 90.3 cm³/mol. The van der Waals surface area contributed by atoms with Crippen molar-refractivity contribution in [1.29, 1.82) is 0 Å². The van der Waals surface area contributed by atoms with Crippen molar-refractivity contribution in [3.05, 3.63) is 38.6 Å². The van der Waals surface area contributed by atoms with Gasteiger partial charge in [-0.3, -0.25) is 0 Å². The molecule has 7 heteroatoms. The Morgan fingerprint density at radius 1 is 1.38 bits per heavy atom. The van der Waals surface area contributed by atoms with Gasteiger partial charge in [0, 0.05) is 34.0 Å². The van der Waals surface area contributed by atoms with Crippen LogP contribution in [0.25, 0.3) is 11.2 Å². The summed E-state index contributed by atoms with van der Waals surface area (Å²) in [6.07, 6.45) is 4.41. The zero-order valence-corrected chi connectivity index (χ0v) is 14.8. The highest BCUT2D eigenvalue weighted by atomic mass is 79.9. The molecule has 0 N–H and O–H groups in total. The Labute approximate surface area is 140 Å². The van der Waals surface area contributed by atoms with Gasteiger partial charge < -0.3 is 4.57 Å². The van der Waals surface area contributed by atoms with E-state index in [1.165, 1.54) is 4.88 Å². The molecule has 0 bridgehead atoms. The maximum atomic E-state index is 5.93. The van der Waals surface area contributed by atoms with Crippen molar-refractivity contribution >= 4 is 50.0 Å². The van der Waals surface area contributed by atoms with E-state index in [9.17, 15) is 0 Å². The Bertz CT molecular complexity index is 782. The van der Waals surface area contributed by atoms with E-state index in [0.717, 1.165) is 26.5 Å². The first kappa shape index (κ1) is 14.9. The van der Waals surface area contributed by atoms with Crippen molar-refractivity contribution in [2.45, 2.75) is 26.3 Å². The van der Waals surface area contributed by atoms with E-state index in [-0.39, 0.29) is 6.04 Å². The number of pyridine rings is 1. The Morgan fingerprint density at radius 2 is 2.19 bits per heavy atom. The fourth-order valence-corrected chi connectivity index (χ4v) is 3.65. The minimum atomic E-state index is 0.0978. The molecule has 0 fully saturated rings. The quantitative estimate of drug-likeness (QED) is 0.627. The molecule has 0 radical (unpaired) electrons. The second-order valence-electron chi connectivity index (χ2n) is 4.82. The highest BCUT2D eigenvalue weighted by Gasteiger charge is 2.20. The number of thiazole rings is 1. The fourth-order valence-electron chi connectivity index (χ4n) is 2.35. The molecule has 0 aliphatic carbocycles. The smallest absolute Gasteiger partial charge is 0.160 e. The highest BCUT2D eigenvalue weighted by molar-refractivity contribution is 9.10. The maximum Gasteiger partial charge on any atom is 0.160 e. The summed E-state index contributed by atoms with van der Waals surface area (Å²) in [5, 5.41) is 1.06. The molecule has 1 atom stereocenters. The number of alkyl halides is 1. The summed E-state index contributed by atoms with van der Waals surface area (Å²) in [6.45, 7) is 4.19. The summed E-state index contributed by atoms with van der Waals surface area (Å²) in [4.78, 5) is 14.9. The Hall–Kier alpha value is -0.980. The van der Waals surface area contributed by atoms with Crippen molar-refractivity contribution in [2.75, 3.05) is 5.88 Å². The minimum Gasteiger partial charge on any atom is -0.303 e. The van der Waals surface area contributed by atoms with Gasteiger partial charge in [0.15, 0.2) is 5.65 Å². The SMILES string of the molecule is Cc1cnc(C(C)n2c(CCCl)nc3cc(Br)cnc32)s1. The molecule has 0 spiro atoms. The number of aryl methyl sites for hydroxylation is 2. The summed E-state index contributed by atoms with van der Waals surface area (Å²) in [6, 6.07) is 2.08. The van der Waals surface area contributed by atoms with Gasteiger partial charge in [0.05, 0.1) is 6.04 Å². The number of halogens is 2. The molecule has 0 amide bonds. The van der Waals surface area contributed by atoms with Crippen LogP contribution >= 0.6 is 38.9 Å². The topological polar surface area (TPSA) is 43.6 Å². The predicted octanol–water partition coefficient (Wildman–Crippen LogP) is 4.35. The molecule has 4 nitrogen and oxygen atoms in total.